The van der Waals surface area contributed by atoms with Gasteiger partial charge < -0.3 is 42.1 Å². The molecule has 0 bridgehead atoms. The second-order valence-electron chi connectivity index (χ2n) is 15.5. The number of carbonyl (C=O) groups is 2. The Balaban J connectivity index is 0.000000179. The summed E-state index contributed by atoms with van der Waals surface area (Å²) in [5.41, 5.74) is 19.0. The maximum Gasteiger partial charge on any atom is 0.249 e. The molecule has 67 heavy (non-hydrogen) atoms. The van der Waals surface area contributed by atoms with Gasteiger partial charge in [-0.05, 0) is 86.9 Å². The number of hydrogen-bond donors (Lipinski definition) is 4. The molecule has 0 spiro atoms. The first-order valence-electron chi connectivity index (χ1n) is 21.0. The number of carbonyl (C=O) groups excluding carboxylic acids is 2. The summed E-state index contributed by atoms with van der Waals surface area (Å²) in [6.45, 7) is 9.89. The monoisotopic (exact) mass is 942 g/mol. The lowest BCUT2D eigenvalue weighted by Crippen LogP contribution is -2.44. The Morgan fingerprint density at radius 2 is 1.00 bits per heavy atom. The Morgan fingerprint density at radius 1 is 0.597 bits per heavy atom. The molecule has 2 aliphatic rings. The fraction of sp³-hybridized carbons (Fsp3) is 0.261. The molecule has 0 radical (unpaired) electrons. The fourth-order valence-electron chi connectivity index (χ4n) is 6.86. The number of nitrogens with zero attached hydrogens (tertiary/aromatic N) is 8. The second-order valence-corrected chi connectivity index (χ2v) is 17.7. The molecular weight excluding hydrogens is 893 g/mol. The lowest BCUT2D eigenvalue weighted by Gasteiger charge is -2.34. The standard InChI is InChI=1S/C22H22F2N6O.C13H11F2N3O3S.C11H17N3/c1-29-9-11-30(12-10-29)15-7-5-14(6-8-15)27-22-26-13-16(21(25)28-22)20(31)19-17(23)3-2-4-18(19)24;1-2-22(20,21)13-17-6-7(12(16)18-13)11(19)10-8(14)4-3-5-9(10)15;1-13-6-8-14(9-7-13)11-4-2-10(12)3-5-11/h2-8,13H,9-12H2,1H3,(H3,25,26,27,28);3-6H,2H2,1H3,(H2,16,17,18);2-5H,6-9,12H2,1H3. The van der Waals surface area contributed by atoms with Crippen LogP contribution in [0.25, 0.3) is 0 Å². The van der Waals surface area contributed by atoms with Crippen LogP contribution in [-0.2, 0) is 9.84 Å². The number of aromatic nitrogens is 4. The van der Waals surface area contributed by atoms with Crippen LogP contribution in [0.4, 0.5) is 57.9 Å². The molecule has 0 aliphatic carbocycles. The van der Waals surface area contributed by atoms with Gasteiger partial charge in [-0.25, -0.2) is 40.9 Å². The molecule has 4 aromatic carbocycles. The van der Waals surface area contributed by atoms with Crippen molar-refractivity contribution in [1.82, 2.24) is 29.7 Å². The van der Waals surface area contributed by atoms with Gasteiger partial charge >= 0.3 is 0 Å². The van der Waals surface area contributed by atoms with Gasteiger partial charge in [0, 0.05) is 87.5 Å². The third kappa shape index (κ3) is 12.4. The molecular formula is C46H50F4N12O4S. The molecule has 4 heterocycles. The Morgan fingerprint density at radius 3 is 1.40 bits per heavy atom. The first-order chi connectivity index (χ1) is 31.9. The third-order valence-corrected chi connectivity index (χ3v) is 12.4. The summed E-state index contributed by atoms with van der Waals surface area (Å²) in [4.78, 5) is 49.3. The maximum atomic E-state index is 13.9. The molecule has 2 aromatic heterocycles. The molecule has 0 amide bonds. The number of sulfone groups is 1. The summed E-state index contributed by atoms with van der Waals surface area (Å²) in [5.74, 6) is -6.72. The minimum absolute atomic E-state index is 0.167. The Kier molecular flexibility index (Phi) is 16.0. The fourth-order valence-corrected chi connectivity index (χ4v) is 7.57. The predicted octanol–water partition coefficient (Wildman–Crippen LogP) is 5.45. The first-order valence-corrected chi connectivity index (χ1v) is 22.7. The van der Waals surface area contributed by atoms with Gasteiger partial charge in [0.1, 0.15) is 34.9 Å². The minimum Gasteiger partial charge on any atom is -0.399 e. The minimum atomic E-state index is -3.71. The van der Waals surface area contributed by atoms with E-state index in [1.54, 1.807) is 0 Å². The van der Waals surface area contributed by atoms with Crippen LogP contribution in [-0.4, -0.2) is 122 Å². The summed E-state index contributed by atoms with van der Waals surface area (Å²) in [5, 5.41) is 2.48. The van der Waals surface area contributed by atoms with Crippen LogP contribution in [0.3, 0.4) is 0 Å². The van der Waals surface area contributed by atoms with Gasteiger partial charge in [0.15, 0.2) is 0 Å². The van der Waals surface area contributed by atoms with Crippen LogP contribution < -0.4 is 32.3 Å². The Hall–Kier alpha value is -7.23. The van der Waals surface area contributed by atoms with Gasteiger partial charge in [-0.2, -0.15) is 4.98 Å². The summed E-state index contributed by atoms with van der Waals surface area (Å²) in [6, 6.07) is 22.1. The van der Waals surface area contributed by atoms with Crippen LogP contribution in [0, 0.1) is 23.3 Å². The zero-order valence-electron chi connectivity index (χ0n) is 37.0. The molecule has 8 rings (SSSR count). The van der Waals surface area contributed by atoms with Crippen molar-refractivity contribution in [3.63, 3.8) is 0 Å². The molecule has 2 fully saturated rings. The Labute approximate surface area is 385 Å². The van der Waals surface area contributed by atoms with Gasteiger partial charge in [0.05, 0.1) is 28.0 Å². The van der Waals surface area contributed by atoms with E-state index < -0.39 is 66.8 Å². The molecule has 2 saturated heterocycles. The number of hydrogen-bond acceptors (Lipinski definition) is 16. The molecule has 352 valence electrons. The maximum absolute atomic E-state index is 13.9. The van der Waals surface area contributed by atoms with Crippen molar-refractivity contribution < 1.29 is 35.6 Å². The van der Waals surface area contributed by atoms with E-state index in [4.69, 9.17) is 17.2 Å². The number of nitrogen functional groups attached to an aromatic ring is 3. The van der Waals surface area contributed by atoms with E-state index >= 15 is 0 Å². The smallest absolute Gasteiger partial charge is 0.249 e. The molecule has 7 N–H and O–H groups in total. The lowest BCUT2D eigenvalue weighted by molar-refractivity contribution is 0.102. The zero-order chi connectivity index (χ0) is 48.4. The number of anilines is 7. The topological polar surface area (TPSA) is 223 Å². The van der Waals surface area contributed by atoms with E-state index in [9.17, 15) is 35.6 Å². The van der Waals surface area contributed by atoms with Crippen LogP contribution in [0.2, 0.25) is 0 Å². The van der Waals surface area contributed by atoms with Crippen LogP contribution in [0.1, 0.15) is 38.8 Å². The summed E-state index contributed by atoms with van der Waals surface area (Å²) in [7, 11) is 0.574. The quantitative estimate of drug-likeness (QED) is 0.0581. The normalized spacial score (nSPS) is 14.3. The van der Waals surface area contributed by atoms with E-state index in [0.29, 0.717) is 0 Å². The van der Waals surface area contributed by atoms with Crippen LogP contribution in [0.5, 0.6) is 0 Å². The van der Waals surface area contributed by atoms with Crippen molar-refractivity contribution in [2.45, 2.75) is 12.1 Å². The summed E-state index contributed by atoms with van der Waals surface area (Å²) >= 11 is 0. The number of ketones is 2. The highest BCUT2D eigenvalue weighted by molar-refractivity contribution is 7.91. The van der Waals surface area contributed by atoms with Crippen LogP contribution in [0.15, 0.2) is 102 Å². The molecule has 0 unspecified atom stereocenters. The molecule has 6 aromatic rings. The van der Waals surface area contributed by atoms with E-state index in [-0.39, 0.29) is 28.6 Å². The Bertz CT molecular complexity index is 2770. The number of rotatable bonds is 10. The number of piperazine rings is 2. The highest BCUT2D eigenvalue weighted by atomic mass is 32.2. The second kappa shape index (κ2) is 21.8. The van der Waals surface area contributed by atoms with Crippen molar-refractivity contribution >= 4 is 61.7 Å². The number of benzene rings is 4. The van der Waals surface area contributed by atoms with Gasteiger partial charge in [-0.15, -0.1) is 0 Å². The van der Waals surface area contributed by atoms with Gasteiger partial charge in [-0.3, -0.25) is 9.59 Å². The predicted molar refractivity (Wildman–Crippen MR) is 250 cm³/mol. The molecule has 0 atom stereocenters. The number of halogens is 4. The van der Waals surface area contributed by atoms with Gasteiger partial charge in [0.2, 0.25) is 32.5 Å². The van der Waals surface area contributed by atoms with Crippen molar-refractivity contribution in [2.24, 2.45) is 0 Å². The summed E-state index contributed by atoms with van der Waals surface area (Å²) < 4.78 is 78.3. The van der Waals surface area contributed by atoms with E-state index in [1.807, 2.05) is 36.4 Å². The van der Waals surface area contributed by atoms with Crippen molar-refractivity contribution in [1.29, 1.82) is 0 Å². The molecule has 16 nitrogen and oxygen atoms in total. The zero-order valence-corrected chi connectivity index (χ0v) is 37.8. The highest BCUT2D eigenvalue weighted by Gasteiger charge is 2.25. The van der Waals surface area contributed by atoms with Gasteiger partial charge in [0.25, 0.3) is 0 Å². The average Bonchev–Trinajstić information content (AvgIpc) is 3.30. The summed E-state index contributed by atoms with van der Waals surface area (Å²) in [6.07, 6.45) is 2.01. The largest absolute Gasteiger partial charge is 0.399 e. The number of nitrogens with one attached hydrogen (secondary N) is 1. The van der Waals surface area contributed by atoms with Gasteiger partial charge in [-0.1, -0.05) is 19.1 Å². The van der Waals surface area contributed by atoms with Crippen molar-refractivity contribution in [2.75, 3.05) is 105 Å². The average molecular weight is 943 g/mol. The highest BCUT2D eigenvalue weighted by Crippen LogP contribution is 2.25. The van der Waals surface area contributed by atoms with Crippen LogP contribution >= 0.6 is 0 Å². The van der Waals surface area contributed by atoms with E-state index in [0.717, 1.165) is 112 Å². The third-order valence-electron chi connectivity index (χ3n) is 10.9. The molecule has 21 heteroatoms. The first kappa shape index (κ1) is 49.2. The number of likely N-dealkylation sites (N-methyl/N-ethyl adjacent to an activating group) is 2. The van der Waals surface area contributed by atoms with E-state index in [2.05, 4.69) is 71.1 Å². The van der Waals surface area contributed by atoms with Crippen molar-refractivity contribution in [3.05, 3.63) is 143 Å². The number of nitrogens with two attached hydrogens (primary N) is 3. The van der Waals surface area contributed by atoms with E-state index in [1.165, 1.54) is 18.7 Å². The molecule has 2 aliphatic heterocycles. The SMILES string of the molecule is CCS(=O)(=O)c1ncc(C(=O)c2c(F)cccc2F)c(N)n1.CN1CCN(c2ccc(N)cc2)CC1.CN1CCN(c2ccc(Nc3ncc(C(=O)c4c(F)cccc4F)c(N)n3)cc2)CC1. The van der Waals surface area contributed by atoms with Crippen molar-refractivity contribution in [3.8, 4) is 0 Å². The lowest BCUT2D eigenvalue weighted by atomic mass is 10.0. The molecule has 0 saturated carbocycles.